The highest BCUT2D eigenvalue weighted by Crippen LogP contribution is 2.50. The van der Waals surface area contributed by atoms with Crippen LogP contribution in [0.5, 0.6) is 0 Å². The van der Waals surface area contributed by atoms with Crippen LogP contribution >= 0.6 is 8.53 Å². The van der Waals surface area contributed by atoms with Crippen molar-refractivity contribution in [2.75, 3.05) is 13.2 Å². The summed E-state index contributed by atoms with van der Waals surface area (Å²) in [6.07, 6.45) is 0.664. The van der Waals surface area contributed by atoms with Gasteiger partial charge in [-0.1, -0.05) is 6.92 Å². The number of nitrogens with zero attached hydrogens (tertiary/aromatic N) is 3. The predicted molar refractivity (Wildman–Crippen MR) is 110 cm³/mol. The van der Waals surface area contributed by atoms with Crippen molar-refractivity contribution in [3.8, 4) is 6.07 Å². The first-order valence-electron chi connectivity index (χ1n) is 9.86. The van der Waals surface area contributed by atoms with Crippen molar-refractivity contribution in [2.24, 2.45) is 5.92 Å². The molecule has 9 nitrogen and oxygen atoms in total. The van der Waals surface area contributed by atoms with Crippen molar-refractivity contribution >= 4 is 8.53 Å². The molecular weight excluding hydrogens is 395 g/mol. The highest BCUT2D eigenvalue weighted by molar-refractivity contribution is 7.44. The average Bonchev–Trinajstić information content (AvgIpc) is 2.98. The summed E-state index contributed by atoms with van der Waals surface area (Å²) < 4.78 is 21.8. The van der Waals surface area contributed by atoms with Crippen molar-refractivity contribution in [1.29, 1.82) is 5.26 Å². The molecule has 1 saturated heterocycles. The van der Waals surface area contributed by atoms with E-state index in [1.165, 1.54) is 10.8 Å². The van der Waals surface area contributed by atoms with E-state index in [1.54, 1.807) is 6.92 Å². The Morgan fingerprint density at radius 1 is 1.38 bits per heavy atom. The SMILES string of the molecule is Cc1cn([C@@H]2OC[C@@H](C)C2OP(OCCC#N)N(C(C)C)C(C)C)c(=O)[nH]c1=O. The van der Waals surface area contributed by atoms with Gasteiger partial charge in [0.15, 0.2) is 6.23 Å². The van der Waals surface area contributed by atoms with Crippen LogP contribution in [-0.2, 0) is 13.8 Å². The molecule has 162 valence electrons. The maximum atomic E-state index is 12.4. The lowest BCUT2D eigenvalue weighted by Gasteiger charge is -2.38. The largest absolute Gasteiger partial charge is 0.355 e. The summed E-state index contributed by atoms with van der Waals surface area (Å²) in [6, 6.07) is 2.41. The number of hydrogen-bond donors (Lipinski definition) is 1. The normalized spacial score (nSPS) is 23.1. The molecule has 1 aliphatic heterocycles. The standard InChI is InChI=1S/C19H31N4O5P/c1-12(2)23(13(3)4)29(27-9-7-8-20)28-16-15(6)11-26-18(16)22-10-14(5)17(24)21-19(22)25/h10,12-13,15-16,18H,7,9,11H2,1-6H3,(H,21,24,25)/t15-,16?,18-,29?/m1/s1. The van der Waals surface area contributed by atoms with Crippen LogP contribution in [0.3, 0.4) is 0 Å². The second-order valence-electron chi connectivity index (χ2n) is 7.80. The highest BCUT2D eigenvalue weighted by atomic mass is 31.2. The Morgan fingerprint density at radius 2 is 2.03 bits per heavy atom. The molecule has 0 aromatic carbocycles. The Balaban J connectivity index is 2.33. The van der Waals surface area contributed by atoms with Crippen molar-refractivity contribution in [3.63, 3.8) is 0 Å². The van der Waals surface area contributed by atoms with Crippen LogP contribution in [0.1, 0.15) is 52.8 Å². The number of rotatable bonds is 9. The Kier molecular flexibility index (Phi) is 8.56. The second kappa shape index (κ2) is 10.5. The molecule has 1 aromatic rings. The Hall–Kier alpha value is -1.56. The zero-order valence-electron chi connectivity index (χ0n) is 17.9. The Bertz CT molecular complexity index is 823. The summed E-state index contributed by atoms with van der Waals surface area (Å²) in [5.74, 6) is 0.0184. The van der Waals surface area contributed by atoms with Crippen molar-refractivity contribution in [3.05, 3.63) is 32.6 Å². The van der Waals surface area contributed by atoms with E-state index in [4.69, 9.17) is 19.0 Å². The average molecular weight is 426 g/mol. The van der Waals surface area contributed by atoms with Crippen molar-refractivity contribution in [1.82, 2.24) is 14.2 Å². The van der Waals surface area contributed by atoms with Crippen molar-refractivity contribution in [2.45, 2.75) is 72.4 Å². The topological polar surface area (TPSA) is 110 Å². The smallest absolute Gasteiger partial charge is 0.330 e. The van der Waals surface area contributed by atoms with E-state index >= 15 is 0 Å². The first kappa shape index (κ1) is 23.7. The van der Waals surface area contributed by atoms with E-state index in [1.807, 2.05) is 6.92 Å². The van der Waals surface area contributed by atoms with Gasteiger partial charge in [0.2, 0.25) is 0 Å². The summed E-state index contributed by atoms with van der Waals surface area (Å²) in [5, 5.41) is 8.87. The van der Waals surface area contributed by atoms with Crippen LogP contribution in [0, 0.1) is 24.2 Å². The summed E-state index contributed by atoms with van der Waals surface area (Å²) in [7, 11) is -1.48. The minimum atomic E-state index is -1.48. The molecule has 0 spiro atoms. The maximum Gasteiger partial charge on any atom is 0.330 e. The summed E-state index contributed by atoms with van der Waals surface area (Å²) in [4.78, 5) is 26.4. The Morgan fingerprint density at radius 3 is 2.62 bits per heavy atom. The number of nitriles is 1. The number of nitrogens with one attached hydrogen (secondary N) is 1. The summed E-state index contributed by atoms with van der Waals surface area (Å²) in [5.41, 5.74) is -0.528. The molecule has 29 heavy (non-hydrogen) atoms. The van der Waals surface area contributed by atoms with Crippen LogP contribution < -0.4 is 11.2 Å². The van der Waals surface area contributed by atoms with E-state index in [0.717, 1.165) is 0 Å². The molecule has 10 heteroatoms. The van der Waals surface area contributed by atoms with Gasteiger partial charge in [0.1, 0.15) is 6.10 Å². The molecule has 2 rings (SSSR count). The first-order valence-corrected chi connectivity index (χ1v) is 11.0. The lowest BCUT2D eigenvalue weighted by atomic mass is 10.1. The fraction of sp³-hybridized carbons (Fsp3) is 0.737. The third-order valence-electron chi connectivity index (χ3n) is 4.67. The molecular formula is C19H31N4O5P. The molecule has 1 aliphatic rings. The molecule has 1 fully saturated rings. The fourth-order valence-corrected chi connectivity index (χ4v) is 5.11. The third-order valence-corrected chi connectivity index (χ3v) is 6.79. The van der Waals surface area contributed by atoms with Crippen LogP contribution in [0.2, 0.25) is 0 Å². The van der Waals surface area contributed by atoms with E-state index < -0.39 is 32.1 Å². The lowest BCUT2D eigenvalue weighted by Crippen LogP contribution is -2.39. The number of aromatic amines is 1. The van der Waals surface area contributed by atoms with Gasteiger partial charge in [0.05, 0.1) is 25.7 Å². The van der Waals surface area contributed by atoms with E-state index in [-0.39, 0.29) is 31.0 Å². The van der Waals surface area contributed by atoms with E-state index in [9.17, 15) is 9.59 Å². The van der Waals surface area contributed by atoms with Crippen LogP contribution in [0.15, 0.2) is 15.8 Å². The monoisotopic (exact) mass is 426 g/mol. The van der Waals surface area contributed by atoms with E-state index in [0.29, 0.717) is 12.2 Å². The second-order valence-corrected chi connectivity index (χ2v) is 9.20. The quantitative estimate of drug-likeness (QED) is 0.477. The molecule has 4 atom stereocenters. The van der Waals surface area contributed by atoms with Crippen LogP contribution in [0.4, 0.5) is 0 Å². The maximum absolute atomic E-state index is 12.4. The molecule has 2 heterocycles. The number of H-pyrrole nitrogens is 1. The number of hydrogen-bond acceptors (Lipinski definition) is 7. The summed E-state index contributed by atoms with van der Waals surface area (Å²) >= 11 is 0. The van der Waals surface area contributed by atoms with Gasteiger partial charge in [-0.25, -0.2) is 9.46 Å². The minimum Gasteiger partial charge on any atom is -0.355 e. The van der Waals surface area contributed by atoms with Gasteiger partial charge < -0.3 is 13.8 Å². The molecule has 2 unspecified atom stereocenters. The molecule has 1 N–H and O–H groups in total. The predicted octanol–water partition coefficient (Wildman–Crippen LogP) is 2.67. The van der Waals surface area contributed by atoms with Gasteiger partial charge in [0.25, 0.3) is 14.1 Å². The van der Waals surface area contributed by atoms with Crippen LogP contribution in [-0.4, -0.2) is 45.6 Å². The third kappa shape index (κ3) is 5.74. The first-order chi connectivity index (χ1) is 13.7. The molecule has 0 saturated carbocycles. The zero-order valence-corrected chi connectivity index (χ0v) is 18.8. The van der Waals surface area contributed by atoms with Gasteiger partial charge in [0, 0.05) is 29.8 Å². The van der Waals surface area contributed by atoms with Gasteiger partial charge in [-0.3, -0.25) is 14.3 Å². The van der Waals surface area contributed by atoms with Gasteiger partial charge in [-0.15, -0.1) is 0 Å². The van der Waals surface area contributed by atoms with Crippen LogP contribution in [0.25, 0.3) is 0 Å². The van der Waals surface area contributed by atoms with Gasteiger partial charge >= 0.3 is 5.69 Å². The molecule has 0 bridgehead atoms. The molecule has 0 aliphatic carbocycles. The molecule has 0 amide bonds. The van der Waals surface area contributed by atoms with Gasteiger partial charge in [-0.2, -0.15) is 5.26 Å². The van der Waals surface area contributed by atoms with E-state index in [2.05, 4.69) is 43.4 Å². The fourth-order valence-electron chi connectivity index (χ4n) is 3.29. The lowest BCUT2D eigenvalue weighted by molar-refractivity contribution is -0.00998. The van der Waals surface area contributed by atoms with Crippen molar-refractivity contribution < 1.29 is 13.8 Å². The number of aryl methyl sites for hydroxylation is 1. The van der Waals surface area contributed by atoms with Gasteiger partial charge in [-0.05, 0) is 34.6 Å². The summed E-state index contributed by atoms with van der Waals surface area (Å²) in [6.45, 7) is 12.6. The molecule has 0 radical (unpaired) electrons. The highest BCUT2D eigenvalue weighted by Gasteiger charge is 2.41. The minimum absolute atomic E-state index is 0.0184. The Labute approximate surface area is 172 Å². The number of aromatic nitrogens is 2. The molecule has 1 aromatic heterocycles. The number of ether oxygens (including phenoxy) is 1. The zero-order chi connectivity index (χ0) is 21.7.